The molecule has 46 heavy (non-hydrogen) atoms. The second kappa shape index (κ2) is 20.8. The maximum atomic E-state index is 6.47. The van der Waals surface area contributed by atoms with Crippen LogP contribution in [0.1, 0.15) is 113 Å². The molecule has 0 N–H and O–H groups in total. The summed E-state index contributed by atoms with van der Waals surface area (Å²) in [5.74, 6) is 1.76. The van der Waals surface area contributed by atoms with Gasteiger partial charge in [-0.2, -0.15) is 0 Å². The van der Waals surface area contributed by atoms with E-state index in [9.17, 15) is 0 Å². The van der Waals surface area contributed by atoms with Crippen LogP contribution in [-0.4, -0.2) is 23.2 Å². The van der Waals surface area contributed by atoms with E-state index < -0.39 is 0 Å². The second-order valence-corrected chi connectivity index (χ2v) is 11.9. The largest absolute Gasteiger partial charge is 0.493 e. The Labute approximate surface area is 277 Å². The Morgan fingerprint density at radius 3 is 1.59 bits per heavy atom. The Balaban J connectivity index is 1.56. The number of rotatable bonds is 21. The predicted molar refractivity (Wildman–Crippen MR) is 196 cm³/mol. The van der Waals surface area contributed by atoms with Gasteiger partial charge >= 0.3 is 0 Å². The Morgan fingerprint density at radius 2 is 1.04 bits per heavy atom. The van der Waals surface area contributed by atoms with Gasteiger partial charge in [-0.3, -0.25) is 9.97 Å². The third-order valence-corrected chi connectivity index (χ3v) is 8.08. The zero-order chi connectivity index (χ0) is 32.1. The van der Waals surface area contributed by atoms with Crippen molar-refractivity contribution in [1.29, 1.82) is 0 Å². The van der Waals surface area contributed by atoms with Crippen LogP contribution in [-0.2, 0) is 0 Å². The molecule has 2 aromatic carbocycles. The monoisotopic (exact) mass is 616 g/mol. The highest BCUT2D eigenvalue weighted by atomic mass is 16.5. The van der Waals surface area contributed by atoms with Crippen molar-refractivity contribution in [2.45, 2.75) is 90.9 Å². The summed E-state index contributed by atoms with van der Waals surface area (Å²) in [5.41, 5.74) is 5.95. The van der Waals surface area contributed by atoms with Gasteiger partial charge in [-0.15, -0.1) is 0 Å². The maximum Gasteiger partial charge on any atom is 0.127 e. The third kappa shape index (κ3) is 12.3. The van der Waals surface area contributed by atoms with Crippen LogP contribution in [0.4, 0.5) is 0 Å². The van der Waals surface area contributed by atoms with E-state index in [2.05, 4.69) is 90.6 Å². The Hall–Kier alpha value is -4.18. The van der Waals surface area contributed by atoms with Gasteiger partial charge in [-0.25, -0.2) is 0 Å². The Bertz CT molecular complexity index is 1450. The average Bonchev–Trinajstić information content (AvgIpc) is 3.10. The number of ether oxygens (including phenoxy) is 2. The summed E-state index contributed by atoms with van der Waals surface area (Å²) < 4.78 is 12.9. The van der Waals surface area contributed by atoms with Gasteiger partial charge in [-0.1, -0.05) is 145 Å². The molecule has 0 atom stereocenters. The molecular weight excluding hydrogens is 564 g/mol. The van der Waals surface area contributed by atoms with Crippen molar-refractivity contribution in [1.82, 2.24) is 9.97 Å². The molecule has 0 unspecified atom stereocenters. The van der Waals surface area contributed by atoms with E-state index in [1.165, 1.54) is 64.2 Å². The van der Waals surface area contributed by atoms with Crippen molar-refractivity contribution in [3.05, 3.63) is 107 Å². The van der Waals surface area contributed by atoms with Gasteiger partial charge in [0.05, 0.1) is 24.6 Å². The normalized spacial score (nSPS) is 11.4. The van der Waals surface area contributed by atoms with Crippen molar-refractivity contribution < 1.29 is 9.47 Å². The number of pyridine rings is 2. The quantitative estimate of drug-likeness (QED) is 0.0690. The minimum Gasteiger partial charge on any atom is -0.493 e. The fourth-order valence-corrected chi connectivity index (χ4v) is 5.34. The van der Waals surface area contributed by atoms with Crippen molar-refractivity contribution in [2.24, 2.45) is 0 Å². The number of nitrogens with zero attached hydrogens (tertiary/aromatic N) is 2. The molecule has 0 spiro atoms. The van der Waals surface area contributed by atoms with Crippen LogP contribution >= 0.6 is 0 Å². The molecule has 0 amide bonds. The van der Waals surface area contributed by atoms with Crippen LogP contribution in [0.15, 0.2) is 85.2 Å². The number of unbranched alkanes of at least 4 members (excludes halogenated alkanes) is 10. The van der Waals surface area contributed by atoms with E-state index >= 15 is 0 Å². The molecule has 4 aromatic rings. The van der Waals surface area contributed by atoms with Crippen molar-refractivity contribution in [3.8, 4) is 22.9 Å². The zero-order valence-corrected chi connectivity index (χ0v) is 28.0. The molecule has 2 heterocycles. The average molecular weight is 617 g/mol. The summed E-state index contributed by atoms with van der Waals surface area (Å²) in [5, 5.41) is 0. The maximum absolute atomic E-state index is 6.47. The van der Waals surface area contributed by atoms with Gasteiger partial charge in [0, 0.05) is 23.5 Å². The predicted octanol–water partition coefficient (Wildman–Crippen LogP) is 12.0. The van der Waals surface area contributed by atoms with E-state index in [0.717, 1.165) is 58.0 Å². The molecular formula is C42H52N2O2. The van der Waals surface area contributed by atoms with Gasteiger partial charge in [-0.05, 0) is 54.3 Å². The summed E-state index contributed by atoms with van der Waals surface area (Å²) in [4.78, 5) is 9.08. The van der Waals surface area contributed by atoms with Gasteiger partial charge in [0.15, 0.2) is 0 Å². The van der Waals surface area contributed by atoms with Crippen molar-refractivity contribution >= 4 is 24.3 Å². The van der Waals surface area contributed by atoms with Gasteiger partial charge in [0.25, 0.3) is 0 Å². The molecule has 0 aliphatic carbocycles. The topological polar surface area (TPSA) is 44.2 Å². The molecule has 4 nitrogen and oxygen atoms in total. The minimum atomic E-state index is 0.701. The molecule has 0 bridgehead atoms. The number of aromatic nitrogens is 2. The first-order valence-electron chi connectivity index (χ1n) is 17.5. The van der Waals surface area contributed by atoms with E-state index in [0.29, 0.717) is 13.2 Å². The highest BCUT2D eigenvalue weighted by molar-refractivity contribution is 5.79. The minimum absolute atomic E-state index is 0.701. The van der Waals surface area contributed by atoms with Crippen LogP contribution in [0.5, 0.6) is 11.5 Å². The molecule has 0 aliphatic rings. The summed E-state index contributed by atoms with van der Waals surface area (Å²) in [6, 6.07) is 24.7. The molecule has 0 aliphatic heterocycles. The first-order chi connectivity index (χ1) is 22.8. The lowest BCUT2D eigenvalue weighted by Crippen LogP contribution is -2.03. The molecule has 0 fully saturated rings. The fourth-order valence-electron chi connectivity index (χ4n) is 5.34. The molecule has 4 heteroatoms. The smallest absolute Gasteiger partial charge is 0.127 e. The number of hydrogen-bond donors (Lipinski definition) is 0. The van der Waals surface area contributed by atoms with Gasteiger partial charge in [0.2, 0.25) is 0 Å². The Morgan fingerprint density at radius 1 is 0.500 bits per heavy atom. The van der Waals surface area contributed by atoms with E-state index in [-0.39, 0.29) is 0 Å². The van der Waals surface area contributed by atoms with Crippen LogP contribution in [0.2, 0.25) is 0 Å². The SMILES string of the molecule is CCCCCCCCOc1cc(/C=C/c2ccc(-c3ccccn3)nc2)c(OCCCCCCCC)cc1/C=C/c1ccccc1. The lowest BCUT2D eigenvalue weighted by Gasteiger charge is -2.15. The van der Waals surface area contributed by atoms with Crippen molar-refractivity contribution in [2.75, 3.05) is 13.2 Å². The summed E-state index contributed by atoms with van der Waals surface area (Å²) in [6.45, 7) is 5.92. The lowest BCUT2D eigenvalue weighted by molar-refractivity contribution is 0.295. The lowest BCUT2D eigenvalue weighted by atomic mass is 10.1. The molecule has 0 saturated heterocycles. The summed E-state index contributed by atoms with van der Waals surface area (Å²) in [7, 11) is 0. The Kier molecular flexibility index (Phi) is 15.7. The van der Waals surface area contributed by atoms with E-state index in [4.69, 9.17) is 9.47 Å². The fraction of sp³-hybridized carbons (Fsp3) is 0.381. The molecule has 0 saturated carbocycles. The van der Waals surface area contributed by atoms with Gasteiger partial charge in [0.1, 0.15) is 11.5 Å². The first kappa shape index (κ1) is 34.7. The first-order valence-corrected chi connectivity index (χ1v) is 17.5. The van der Waals surface area contributed by atoms with Crippen LogP contribution < -0.4 is 9.47 Å². The molecule has 2 aromatic heterocycles. The standard InChI is InChI=1S/C42H52N2O2/c1-3-5-7-9-11-18-30-45-41-33-38(27-24-36-25-28-40(44-34-36)39-22-16-17-29-43-39)42(46-31-19-12-10-8-6-4-2)32-37(41)26-23-35-20-14-13-15-21-35/h13-17,20-29,32-34H,3-12,18-19,30-31H2,1-2H3/b26-23+,27-24+. The van der Waals surface area contributed by atoms with E-state index in [1.807, 2.05) is 36.5 Å². The van der Waals surface area contributed by atoms with Crippen LogP contribution in [0.25, 0.3) is 35.7 Å². The van der Waals surface area contributed by atoms with Crippen LogP contribution in [0, 0.1) is 0 Å². The third-order valence-electron chi connectivity index (χ3n) is 8.08. The highest BCUT2D eigenvalue weighted by Crippen LogP contribution is 2.33. The molecule has 242 valence electrons. The summed E-state index contributed by atoms with van der Waals surface area (Å²) >= 11 is 0. The van der Waals surface area contributed by atoms with E-state index in [1.54, 1.807) is 6.20 Å². The van der Waals surface area contributed by atoms with Crippen molar-refractivity contribution in [3.63, 3.8) is 0 Å². The highest BCUT2D eigenvalue weighted by Gasteiger charge is 2.11. The second-order valence-electron chi connectivity index (χ2n) is 11.9. The molecule has 4 rings (SSSR count). The number of benzene rings is 2. The summed E-state index contributed by atoms with van der Waals surface area (Å²) in [6.07, 6.45) is 27.0. The molecule has 0 radical (unpaired) electrons. The number of hydrogen-bond acceptors (Lipinski definition) is 4. The zero-order valence-electron chi connectivity index (χ0n) is 28.0. The van der Waals surface area contributed by atoms with Crippen LogP contribution in [0.3, 0.4) is 0 Å². The van der Waals surface area contributed by atoms with Gasteiger partial charge < -0.3 is 9.47 Å².